The maximum absolute atomic E-state index is 13.0. The summed E-state index contributed by atoms with van der Waals surface area (Å²) in [6.45, 7) is 0. The van der Waals surface area contributed by atoms with Crippen molar-refractivity contribution < 1.29 is 18.7 Å². The molecule has 1 atom stereocenters. The molecular formula is C13H16FNO3S. The number of nitrogens with one attached hydrogen (secondary N) is 1. The fourth-order valence-corrected chi connectivity index (χ4v) is 1.97. The number of carbonyl (C=O) groups excluding carboxylic acids is 2. The van der Waals surface area contributed by atoms with E-state index in [0.717, 1.165) is 6.07 Å². The number of esters is 1. The number of thioether (sulfide) groups is 1. The van der Waals surface area contributed by atoms with Gasteiger partial charge in [-0.3, -0.25) is 4.79 Å². The molecule has 0 aromatic heterocycles. The van der Waals surface area contributed by atoms with Crippen LogP contribution in [-0.4, -0.2) is 37.0 Å². The molecule has 1 aromatic rings. The van der Waals surface area contributed by atoms with Gasteiger partial charge in [0.25, 0.3) is 5.91 Å². The van der Waals surface area contributed by atoms with E-state index in [0.29, 0.717) is 12.2 Å². The second kappa shape index (κ2) is 7.78. The summed E-state index contributed by atoms with van der Waals surface area (Å²) in [5.74, 6) is -0.774. The van der Waals surface area contributed by atoms with Crippen LogP contribution < -0.4 is 5.32 Å². The Balaban J connectivity index is 2.72. The zero-order chi connectivity index (χ0) is 14.3. The average Bonchev–Trinajstić information content (AvgIpc) is 2.42. The maximum atomic E-state index is 13.0. The van der Waals surface area contributed by atoms with Gasteiger partial charge in [0.2, 0.25) is 0 Å². The van der Waals surface area contributed by atoms with Crippen molar-refractivity contribution in [1.82, 2.24) is 5.32 Å². The van der Waals surface area contributed by atoms with Gasteiger partial charge in [-0.2, -0.15) is 11.8 Å². The normalized spacial score (nSPS) is 11.7. The monoisotopic (exact) mass is 285 g/mol. The van der Waals surface area contributed by atoms with Crippen molar-refractivity contribution in [3.63, 3.8) is 0 Å². The van der Waals surface area contributed by atoms with Gasteiger partial charge in [0, 0.05) is 5.56 Å². The van der Waals surface area contributed by atoms with E-state index in [2.05, 4.69) is 10.1 Å². The molecule has 1 amide bonds. The number of amides is 1. The minimum absolute atomic E-state index is 0.179. The van der Waals surface area contributed by atoms with Gasteiger partial charge in [0.15, 0.2) is 0 Å². The number of halogens is 1. The number of methoxy groups -OCH3 is 1. The minimum atomic E-state index is -0.715. The summed E-state index contributed by atoms with van der Waals surface area (Å²) < 4.78 is 17.7. The summed E-state index contributed by atoms with van der Waals surface area (Å²) in [5, 5.41) is 2.55. The molecule has 0 spiro atoms. The van der Waals surface area contributed by atoms with E-state index in [1.165, 1.54) is 25.3 Å². The fraction of sp³-hybridized carbons (Fsp3) is 0.385. The summed E-state index contributed by atoms with van der Waals surface area (Å²) in [7, 11) is 1.27. The lowest BCUT2D eigenvalue weighted by Crippen LogP contribution is -2.41. The van der Waals surface area contributed by atoms with Crippen molar-refractivity contribution in [1.29, 1.82) is 0 Å². The third-order valence-electron chi connectivity index (χ3n) is 2.49. The molecule has 1 aromatic carbocycles. The second-order valence-corrected chi connectivity index (χ2v) is 4.83. The number of carbonyl (C=O) groups is 2. The summed E-state index contributed by atoms with van der Waals surface area (Å²) >= 11 is 1.56. The predicted molar refractivity (Wildman–Crippen MR) is 72.7 cm³/mol. The highest BCUT2D eigenvalue weighted by Crippen LogP contribution is 2.07. The van der Waals surface area contributed by atoms with E-state index in [4.69, 9.17) is 0 Å². The van der Waals surface area contributed by atoms with Gasteiger partial charge in [-0.1, -0.05) is 6.07 Å². The van der Waals surface area contributed by atoms with Crippen molar-refractivity contribution in [2.45, 2.75) is 12.5 Å². The molecule has 0 aliphatic rings. The summed E-state index contributed by atoms with van der Waals surface area (Å²) in [6.07, 6.45) is 2.37. The van der Waals surface area contributed by atoms with Crippen LogP contribution in [0.3, 0.4) is 0 Å². The Kier molecular flexibility index (Phi) is 6.35. The molecule has 1 rings (SSSR count). The summed E-state index contributed by atoms with van der Waals surface area (Å²) in [5.41, 5.74) is 0.179. The third kappa shape index (κ3) is 4.90. The van der Waals surface area contributed by atoms with Crippen molar-refractivity contribution in [2.75, 3.05) is 19.1 Å². The van der Waals surface area contributed by atoms with Crippen LogP contribution in [-0.2, 0) is 9.53 Å². The highest BCUT2D eigenvalue weighted by Gasteiger charge is 2.21. The van der Waals surface area contributed by atoms with E-state index in [1.54, 1.807) is 11.8 Å². The molecule has 1 N–H and O–H groups in total. The molecule has 0 saturated heterocycles. The van der Waals surface area contributed by atoms with Crippen LogP contribution in [0.2, 0.25) is 0 Å². The van der Waals surface area contributed by atoms with E-state index in [1.807, 2.05) is 6.26 Å². The van der Waals surface area contributed by atoms with Crippen LogP contribution in [0.4, 0.5) is 4.39 Å². The predicted octanol–water partition coefficient (Wildman–Crippen LogP) is 1.85. The van der Waals surface area contributed by atoms with Crippen molar-refractivity contribution in [3.8, 4) is 0 Å². The number of ether oxygens (including phenoxy) is 1. The van der Waals surface area contributed by atoms with Crippen LogP contribution in [0.25, 0.3) is 0 Å². The molecule has 0 radical (unpaired) electrons. The number of hydrogen-bond donors (Lipinski definition) is 1. The summed E-state index contributed by atoms with van der Waals surface area (Å²) in [6, 6.07) is 4.59. The molecule has 0 aliphatic heterocycles. The minimum Gasteiger partial charge on any atom is -0.467 e. The lowest BCUT2D eigenvalue weighted by atomic mass is 10.1. The molecule has 0 fully saturated rings. The van der Waals surface area contributed by atoms with Crippen LogP contribution in [0.15, 0.2) is 24.3 Å². The van der Waals surface area contributed by atoms with Gasteiger partial charge in [-0.05, 0) is 36.6 Å². The topological polar surface area (TPSA) is 55.4 Å². The Hall–Kier alpha value is -1.56. The Morgan fingerprint density at radius 1 is 1.47 bits per heavy atom. The van der Waals surface area contributed by atoms with Gasteiger partial charge < -0.3 is 10.1 Å². The first-order valence-electron chi connectivity index (χ1n) is 5.71. The first-order valence-corrected chi connectivity index (χ1v) is 7.11. The summed E-state index contributed by atoms with van der Waals surface area (Å²) in [4.78, 5) is 23.4. The fourth-order valence-electron chi connectivity index (χ4n) is 1.50. The van der Waals surface area contributed by atoms with Crippen LogP contribution in [0, 0.1) is 5.82 Å². The van der Waals surface area contributed by atoms with E-state index in [9.17, 15) is 14.0 Å². The Labute approximate surface area is 115 Å². The highest BCUT2D eigenvalue weighted by molar-refractivity contribution is 7.98. The van der Waals surface area contributed by atoms with Gasteiger partial charge in [-0.25, -0.2) is 9.18 Å². The van der Waals surface area contributed by atoms with Crippen molar-refractivity contribution in [2.24, 2.45) is 0 Å². The highest BCUT2D eigenvalue weighted by atomic mass is 32.2. The average molecular weight is 285 g/mol. The Morgan fingerprint density at radius 2 is 2.21 bits per heavy atom. The Morgan fingerprint density at radius 3 is 2.79 bits per heavy atom. The molecule has 0 aliphatic carbocycles. The van der Waals surface area contributed by atoms with Gasteiger partial charge >= 0.3 is 5.97 Å². The SMILES string of the molecule is COC(=O)C(CCSC)NC(=O)c1cccc(F)c1. The molecule has 6 heteroatoms. The standard InChI is InChI=1S/C13H16FNO3S/c1-18-13(17)11(6-7-19-2)15-12(16)9-4-3-5-10(14)8-9/h3-5,8,11H,6-7H2,1-2H3,(H,15,16). The maximum Gasteiger partial charge on any atom is 0.328 e. The zero-order valence-electron chi connectivity index (χ0n) is 10.8. The van der Waals surface area contributed by atoms with Crippen LogP contribution in [0.5, 0.6) is 0 Å². The largest absolute Gasteiger partial charge is 0.467 e. The lowest BCUT2D eigenvalue weighted by Gasteiger charge is -2.16. The molecule has 4 nitrogen and oxygen atoms in total. The number of rotatable bonds is 6. The molecule has 0 saturated carbocycles. The van der Waals surface area contributed by atoms with Gasteiger partial charge in [0.1, 0.15) is 11.9 Å². The first kappa shape index (κ1) is 15.5. The van der Waals surface area contributed by atoms with E-state index >= 15 is 0 Å². The van der Waals surface area contributed by atoms with Crippen LogP contribution in [0.1, 0.15) is 16.8 Å². The third-order valence-corrected chi connectivity index (χ3v) is 3.13. The second-order valence-electron chi connectivity index (χ2n) is 3.84. The number of hydrogen-bond acceptors (Lipinski definition) is 4. The molecular weight excluding hydrogens is 269 g/mol. The van der Waals surface area contributed by atoms with E-state index < -0.39 is 23.7 Å². The van der Waals surface area contributed by atoms with Crippen molar-refractivity contribution in [3.05, 3.63) is 35.6 Å². The quantitative estimate of drug-likeness (QED) is 0.810. The number of benzene rings is 1. The lowest BCUT2D eigenvalue weighted by molar-refractivity contribution is -0.142. The van der Waals surface area contributed by atoms with Gasteiger partial charge in [0.05, 0.1) is 7.11 Å². The molecule has 0 heterocycles. The molecule has 0 bridgehead atoms. The zero-order valence-corrected chi connectivity index (χ0v) is 11.6. The molecule has 19 heavy (non-hydrogen) atoms. The van der Waals surface area contributed by atoms with Gasteiger partial charge in [-0.15, -0.1) is 0 Å². The van der Waals surface area contributed by atoms with Crippen molar-refractivity contribution >= 4 is 23.6 Å². The molecule has 1 unspecified atom stereocenters. The smallest absolute Gasteiger partial charge is 0.328 e. The Bertz CT molecular complexity index is 453. The first-order chi connectivity index (χ1) is 9.08. The van der Waals surface area contributed by atoms with Crippen LogP contribution >= 0.6 is 11.8 Å². The molecule has 104 valence electrons. The van der Waals surface area contributed by atoms with E-state index in [-0.39, 0.29) is 5.56 Å².